The highest BCUT2D eigenvalue weighted by Crippen LogP contribution is 2.18. The van der Waals surface area contributed by atoms with Gasteiger partial charge in [0.1, 0.15) is 11.6 Å². The lowest BCUT2D eigenvalue weighted by Gasteiger charge is -2.09. The van der Waals surface area contributed by atoms with Crippen LogP contribution in [0.1, 0.15) is 21.6 Å². The Kier molecular flexibility index (Phi) is 3.93. The molecule has 0 aliphatic heterocycles. The lowest BCUT2D eigenvalue weighted by molar-refractivity contribution is 0.102. The molecule has 1 amide bonds. The van der Waals surface area contributed by atoms with Gasteiger partial charge in [0.25, 0.3) is 5.91 Å². The Labute approximate surface area is 133 Å². The highest BCUT2D eigenvalue weighted by molar-refractivity contribution is 6.03. The van der Waals surface area contributed by atoms with E-state index in [0.717, 1.165) is 16.9 Å². The number of nitrogens with one attached hydrogen (secondary N) is 1. The molecule has 1 aromatic heterocycles. The van der Waals surface area contributed by atoms with Gasteiger partial charge in [-0.15, -0.1) is 0 Å². The molecule has 0 bridgehead atoms. The number of anilines is 1. The molecule has 1 N–H and O–H groups in total. The molecular weight excluding hydrogens is 293 g/mol. The van der Waals surface area contributed by atoms with Gasteiger partial charge in [0.2, 0.25) is 0 Å². The molecule has 0 aliphatic rings. The van der Waals surface area contributed by atoms with E-state index < -0.39 is 0 Å². The second kappa shape index (κ2) is 6.04. The Morgan fingerprint density at radius 1 is 1.04 bits per heavy atom. The van der Waals surface area contributed by atoms with Gasteiger partial charge >= 0.3 is 0 Å². The van der Waals surface area contributed by atoms with Crippen LogP contribution in [0.15, 0.2) is 54.6 Å². The molecule has 116 valence electrons. The van der Waals surface area contributed by atoms with Crippen LogP contribution in [0.5, 0.6) is 0 Å². The standard InChI is InChI=1S/C18H16FN3O/c1-12-3-9-16(10-4-12)22-17(11-13(2)21-22)20-18(23)14-5-7-15(19)8-6-14/h3-11H,1-2H3,(H,20,23). The number of hydrogen-bond donors (Lipinski definition) is 1. The van der Waals surface area contributed by atoms with Crippen molar-refractivity contribution in [1.82, 2.24) is 9.78 Å². The summed E-state index contributed by atoms with van der Waals surface area (Å²) in [5.74, 6) is -0.110. The van der Waals surface area contributed by atoms with Crippen molar-refractivity contribution in [2.24, 2.45) is 0 Å². The zero-order valence-corrected chi connectivity index (χ0v) is 12.9. The number of hydrogen-bond acceptors (Lipinski definition) is 2. The number of carbonyl (C=O) groups is 1. The van der Waals surface area contributed by atoms with Crippen molar-refractivity contribution in [2.75, 3.05) is 5.32 Å². The predicted molar refractivity (Wildman–Crippen MR) is 87.4 cm³/mol. The number of nitrogens with zero attached hydrogens (tertiary/aromatic N) is 2. The molecule has 0 saturated carbocycles. The third-order valence-electron chi connectivity index (χ3n) is 3.46. The molecule has 0 saturated heterocycles. The first kappa shape index (κ1) is 15.0. The van der Waals surface area contributed by atoms with Gasteiger partial charge in [0.15, 0.2) is 0 Å². The quantitative estimate of drug-likeness (QED) is 0.798. The fourth-order valence-electron chi connectivity index (χ4n) is 2.26. The van der Waals surface area contributed by atoms with Gasteiger partial charge in [-0.1, -0.05) is 17.7 Å². The van der Waals surface area contributed by atoms with Crippen molar-refractivity contribution in [3.8, 4) is 5.69 Å². The SMILES string of the molecule is Cc1ccc(-n2nc(C)cc2NC(=O)c2ccc(F)cc2)cc1. The summed E-state index contributed by atoms with van der Waals surface area (Å²) in [7, 11) is 0. The summed E-state index contributed by atoms with van der Waals surface area (Å²) in [6.45, 7) is 3.87. The molecule has 0 spiro atoms. The molecule has 1 heterocycles. The van der Waals surface area contributed by atoms with Crippen LogP contribution in [0.4, 0.5) is 10.2 Å². The van der Waals surface area contributed by atoms with Gasteiger partial charge in [-0.2, -0.15) is 5.10 Å². The van der Waals surface area contributed by atoms with E-state index in [9.17, 15) is 9.18 Å². The molecule has 0 unspecified atom stereocenters. The van der Waals surface area contributed by atoms with Crippen LogP contribution in [0.25, 0.3) is 5.69 Å². The van der Waals surface area contributed by atoms with E-state index in [0.29, 0.717) is 11.4 Å². The molecule has 4 nitrogen and oxygen atoms in total. The van der Waals surface area contributed by atoms with Crippen LogP contribution in [-0.4, -0.2) is 15.7 Å². The molecule has 3 rings (SSSR count). The van der Waals surface area contributed by atoms with E-state index in [1.165, 1.54) is 24.3 Å². The van der Waals surface area contributed by atoms with Crippen molar-refractivity contribution >= 4 is 11.7 Å². The van der Waals surface area contributed by atoms with Crippen molar-refractivity contribution in [1.29, 1.82) is 0 Å². The third kappa shape index (κ3) is 3.29. The number of aryl methyl sites for hydroxylation is 2. The van der Waals surface area contributed by atoms with Crippen molar-refractivity contribution in [2.45, 2.75) is 13.8 Å². The van der Waals surface area contributed by atoms with Crippen molar-refractivity contribution < 1.29 is 9.18 Å². The van der Waals surface area contributed by atoms with Gasteiger partial charge < -0.3 is 5.32 Å². The molecule has 0 atom stereocenters. The monoisotopic (exact) mass is 309 g/mol. The second-order valence-corrected chi connectivity index (χ2v) is 5.38. The van der Waals surface area contributed by atoms with Gasteiger partial charge in [0, 0.05) is 11.6 Å². The van der Waals surface area contributed by atoms with E-state index in [2.05, 4.69) is 10.4 Å². The van der Waals surface area contributed by atoms with E-state index >= 15 is 0 Å². The number of aromatic nitrogens is 2. The summed E-state index contributed by atoms with van der Waals surface area (Å²) in [5, 5.41) is 7.23. The van der Waals surface area contributed by atoms with E-state index in [4.69, 9.17) is 0 Å². The first-order valence-electron chi connectivity index (χ1n) is 7.23. The Hall–Kier alpha value is -2.95. The second-order valence-electron chi connectivity index (χ2n) is 5.38. The first-order chi connectivity index (χ1) is 11.0. The molecular formula is C18H16FN3O. The lowest BCUT2D eigenvalue weighted by atomic mass is 10.2. The zero-order valence-electron chi connectivity index (χ0n) is 12.9. The molecule has 2 aromatic carbocycles. The topological polar surface area (TPSA) is 46.9 Å². The average molecular weight is 309 g/mol. The Bertz CT molecular complexity index is 836. The summed E-state index contributed by atoms with van der Waals surface area (Å²) >= 11 is 0. The summed E-state index contributed by atoms with van der Waals surface area (Å²) in [5.41, 5.74) is 3.19. The molecule has 0 radical (unpaired) electrons. The summed E-state index contributed by atoms with van der Waals surface area (Å²) in [4.78, 5) is 12.3. The summed E-state index contributed by atoms with van der Waals surface area (Å²) in [6, 6.07) is 15.1. The molecule has 3 aromatic rings. The molecule has 23 heavy (non-hydrogen) atoms. The van der Waals surface area contributed by atoms with Crippen LogP contribution in [-0.2, 0) is 0 Å². The van der Waals surface area contributed by atoms with Crippen molar-refractivity contribution in [3.63, 3.8) is 0 Å². The number of rotatable bonds is 3. The minimum absolute atomic E-state index is 0.307. The van der Waals surface area contributed by atoms with Gasteiger partial charge in [-0.3, -0.25) is 4.79 Å². The average Bonchev–Trinajstić information content (AvgIpc) is 2.89. The highest BCUT2D eigenvalue weighted by atomic mass is 19.1. The first-order valence-corrected chi connectivity index (χ1v) is 7.23. The maximum atomic E-state index is 13.0. The van der Waals surface area contributed by atoms with Crippen LogP contribution >= 0.6 is 0 Å². The van der Waals surface area contributed by atoms with Gasteiger partial charge in [-0.25, -0.2) is 9.07 Å². The van der Waals surface area contributed by atoms with Gasteiger partial charge in [-0.05, 0) is 50.2 Å². The smallest absolute Gasteiger partial charge is 0.256 e. The maximum absolute atomic E-state index is 13.0. The Balaban J connectivity index is 1.90. The zero-order chi connectivity index (χ0) is 16.4. The molecule has 5 heteroatoms. The van der Waals surface area contributed by atoms with Crippen LogP contribution in [0.3, 0.4) is 0 Å². The number of halogens is 1. The summed E-state index contributed by atoms with van der Waals surface area (Å²) in [6.07, 6.45) is 0. The van der Waals surface area contributed by atoms with E-state index in [-0.39, 0.29) is 11.7 Å². The number of benzene rings is 2. The lowest BCUT2D eigenvalue weighted by Crippen LogP contribution is -2.15. The molecule has 0 fully saturated rings. The number of carbonyl (C=O) groups excluding carboxylic acids is 1. The Morgan fingerprint density at radius 2 is 1.70 bits per heavy atom. The van der Waals surface area contributed by atoms with Crippen molar-refractivity contribution in [3.05, 3.63) is 77.2 Å². The largest absolute Gasteiger partial charge is 0.306 e. The van der Waals surface area contributed by atoms with Gasteiger partial charge in [0.05, 0.1) is 11.4 Å². The molecule has 0 aliphatic carbocycles. The minimum atomic E-state index is -0.373. The van der Waals surface area contributed by atoms with Crippen LogP contribution in [0.2, 0.25) is 0 Å². The van der Waals surface area contributed by atoms with E-state index in [1.54, 1.807) is 10.7 Å². The normalized spacial score (nSPS) is 10.6. The highest BCUT2D eigenvalue weighted by Gasteiger charge is 2.12. The number of amides is 1. The Morgan fingerprint density at radius 3 is 2.35 bits per heavy atom. The maximum Gasteiger partial charge on any atom is 0.256 e. The van der Waals surface area contributed by atoms with Crippen LogP contribution < -0.4 is 5.32 Å². The fourth-order valence-corrected chi connectivity index (χ4v) is 2.26. The predicted octanol–water partition coefficient (Wildman–Crippen LogP) is 3.88. The third-order valence-corrected chi connectivity index (χ3v) is 3.46. The summed E-state index contributed by atoms with van der Waals surface area (Å²) < 4.78 is 14.6. The van der Waals surface area contributed by atoms with E-state index in [1.807, 2.05) is 38.1 Å². The minimum Gasteiger partial charge on any atom is -0.306 e. The van der Waals surface area contributed by atoms with Crippen LogP contribution in [0, 0.1) is 19.7 Å². The fraction of sp³-hybridized carbons (Fsp3) is 0.111.